The van der Waals surface area contributed by atoms with E-state index in [0.717, 1.165) is 18.7 Å². The number of aromatic nitrogens is 1. The van der Waals surface area contributed by atoms with Gasteiger partial charge in [0.25, 0.3) is 0 Å². The van der Waals surface area contributed by atoms with Crippen LogP contribution in [-0.2, 0) is 0 Å². The van der Waals surface area contributed by atoms with Gasteiger partial charge in [-0.15, -0.1) is 0 Å². The zero-order chi connectivity index (χ0) is 12.3. The number of nitrogen functional groups attached to an aromatic ring is 1. The van der Waals surface area contributed by atoms with Gasteiger partial charge < -0.3 is 20.5 Å². The first kappa shape index (κ1) is 12.0. The SMILES string of the molecule is COc1ccc(N)c(N(CCO)C2CCC2)n1. The van der Waals surface area contributed by atoms with Crippen LogP contribution in [0.2, 0.25) is 0 Å². The smallest absolute Gasteiger partial charge is 0.215 e. The van der Waals surface area contributed by atoms with Crippen molar-refractivity contribution in [1.82, 2.24) is 4.98 Å². The van der Waals surface area contributed by atoms with Gasteiger partial charge in [-0.3, -0.25) is 0 Å². The molecule has 1 aliphatic carbocycles. The zero-order valence-electron chi connectivity index (χ0n) is 10.1. The highest BCUT2D eigenvalue weighted by Gasteiger charge is 2.27. The van der Waals surface area contributed by atoms with Gasteiger partial charge in [-0.1, -0.05) is 0 Å². The van der Waals surface area contributed by atoms with Crippen LogP contribution in [0.1, 0.15) is 19.3 Å². The van der Waals surface area contributed by atoms with E-state index in [2.05, 4.69) is 9.88 Å². The predicted octanol–water partition coefficient (Wildman–Crippen LogP) is 1.02. The van der Waals surface area contributed by atoms with Gasteiger partial charge in [-0.25, -0.2) is 0 Å². The number of methoxy groups -OCH3 is 1. The second-order valence-electron chi connectivity index (χ2n) is 4.27. The number of pyridine rings is 1. The van der Waals surface area contributed by atoms with E-state index in [1.807, 2.05) is 0 Å². The fraction of sp³-hybridized carbons (Fsp3) is 0.583. The van der Waals surface area contributed by atoms with Gasteiger partial charge in [0.1, 0.15) is 0 Å². The Bertz CT molecular complexity index is 380. The maximum Gasteiger partial charge on any atom is 0.215 e. The highest BCUT2D eigenvalue weighted by atomic mass is 16.5. The number of aliphatic hydroxyl groups is 1. The molecule has 5 nitrogen and oxygen atoms in total. The van der Waals surface area contributed by atoms with E-state index in [1.54, 1.807) is 19.2 Å². The summed E-state index contributed by atoms with van der Waals surface area (Å²) in [5, 5.41) is 9.14. The summed E-state index contributed by atoms with van der Waals surface area (Å²) in [7, 11) is 1.59. The van der Waals surface area contributed by atoms with Crippen molar-refractivity contribution in [2.75, 3.05) is 30.9 Å². The van der Waals surface area contributed by atoms with E-state index in [1.165, 1.54) is 6.42 Å². The van der Waals surface area contributed by atoms with E-state index in [-0.39, 0.29) is 6.61 Å². The fourth-order valence-electron chi connectivity index (χ4n) is 2.05. The highest BCUT2D eigenvalue weighted by molar-refractivity contribution is 5.64. The first-order valence-electron chi connectivity index (χ1n) is 5.94. The molecule has 2 rings (SSSR count). The molecule has 5 heteroatoms. The third-order valence-corrected chi connectivity index (χ3v) is 3.22. The van der Waals surface area contributed by atoms with Crippen LogP contribution in [0.25, 0.3) is 0 Å². The molecule has 1 saturated carbocycles. The summed E-state index contributed by atoms with van der Waals surface area (Å²) in [5.41, 5.74) is 6.58. The van der Waals surface area contributed by atoms with Crippen LogP contribution < -0.4 is 15.4 Å². The lowest BCUT2D eigenvalue weighted by Gasteiger charge is -2.38. The molecule has 0 amide bonds. The molecule has 0 radical (unpaired) electrons. The number of anilines is 2. The van der Waals surface area contributed by atoms with Gasteiger partial charge in [-0.05, 0) is 25.3 Å². The molecule has 1 heterocycles. The molecule has 1 fully saturated rings. The van der Waals surface area contributed by atoms with Crippen LogP contribution in [0.5, 0.6) is 5.88 Å². The van der Waals surface area contributed by atoms with Crippen LogP contribution in [0.4, 0.5) is 11.5 Å². The van der Waals surface area contributed by atoms with Gasteiger partial charge in [0, 0.05) is 18.7 Å². The molecular formula is C12H19N3O2. The summed E-state index contributed by atoms with van der Waals surface area (Å²) in [4.78, 5) is 6.46. The molecule has 0 spiro atoms. The quantitative estimate of drug-likeness (QED) is 0.800. The fourth-order valence-corrected chi connectivity index (χ4v) is 2.05. The standard InChI is InChI=1S/C12H19N3O2/c1-17-11-6-5-10(13)12(14-11)15(7-8-16)9-3-2-4-9/h5-6,9,16H,2-4,7-8,13H2,1H3. The molecule has 0 atom stereocenters. The minimum atomic E-state index is 0.106. The van der Waals surface area contributed by atoms with Gasteiger partial charge in [0.05, 0.1) is 19.4 Å². The second kappa shape index (κ2) is 5.23. The lowest BCUT2D eigenvalue weighted by Crippen LogP contribution is -2.42. The Hall–Kier alpha value is -1.49. The molecule has 0 saturated heterocycles. The van der Waals surface area contributed by atoms with Crippen molar-refractivity contribution in [3.8, 4) is 5.88 Å². The Morgan fingerprint density at radius 2 is 2.29 bits per heavy atom. The van der Waals surface area contributed by atoms with Crippen LogP contribution >= 0.6 is 0 Å². The van der Waals surface area contributed by atoms with Crippen LogP contribution in [-0.4, -0.2) is 36.4 Å². The van der Waals surface area contributed by atoms with Crippen molar-refractivity contribution in [2.24, 2.45) is 0 Å². The van der Waals surface area contributed by atoms with E-state index in [0.29, 0.717) is 24.2 Å². The third kappa shape index (κ3) is 2.44. The average molecular weight is 237 g/mol. The number of aliphatic hydroxyl groups excluding tert-OH is 1. The van der Waals surface area contributed by atoms with Gasteiger partial charge in [0.2, 0.25) is 5.88 Å². The molecule has 1 aromatic heterocycles. The summed E-state index contributed by atoms with van der Waals surface area (Å²) in [5.74, 6) is 1.28. The Balaban J connectivity index is 2.26. The number of hydrogen-bond acceptors (Lipinski definition) is 5. The van der Waals surface area contributed by atoms with Crippen LogP contribution in [0, 0.1) is 0 Å². The van der Waals surface area contributed by atoms with E-state index in [9.17, 15) is 0 Å². The highest BCUT2D eigenvalue weighted by Crippen LogP contribution is 2.32. The minimum Gasteiger partial charge on any atom is -0.481 e. The van der Waals surface area contributed by atoms with E-state index >= 15 is 0 Å². The molecule has 17 heavy (non-hydrogen) atoms. The number of nitrogens with zero attached hydrogens (tertiary/aromatic N) is 2. The molecule has 0 unspecified atom stereocenters. The lowest BCUT2D eigenvalue weighted by molar-refractivity contribution is 0.282. The molecule has 1 aromatic rings. The minimum absolute atomic E-state index is 0.106. The normalized spacial score (nSPS) is 15.4. The Kier molecular flexibility index (Phi) is 3.68. The van der Waals surface area contributed by atoms with Crippen molar-refractivity contribution in [1.29, 1.82) is 0 Å². The summed E-state index contributed by atoms with van der Waals surface area (Å²) in [6.07, 6.45) is 3.51. The Morgan fingerprint density at radius 3 is 2.82 bits per heavy atom. The van der Waals surface area contributed by atoms with Crippen molar-refractivity contribution >= 4 is 11.5 Å². The summed E-state index contributed by atoms with van der Waals surface area (Å²) >= 11 is 0. The molecule has 1 aliphatic rings. The predicted molar refractivity (Wildman–Crippen MR) is 67.3 cm³/mol. The van der Waals surface area contributed by atoms with Crippen molar-refractivity contribution < 1.29 is 9.84 Å². The lowest BCUT2D eigenvalue weighted by atomic mass is 9.91. The van der Waals surface area contributed by atoms with Crippen molar-refractivity contribution in [2.45, 2.75) is 25.3 Å². The maximum absolute atomic E-state index is 9.14. The maximum atomic E-state index is 9.14. The molecule has 0 aromatic carbocycles. The zero-order valence-corrected chi connectivity index (χ0v) is 10.1. The first-order chi connectivity index (χ1) is 8.26. The summed E-state index contributed by atoms with van der Waals surface area (Å²) < 4.78 is 5.11. The van der Waals surface area contributed by atoms with Crippen LogP contribution in [0.3, 0.4) is 0 Å². The Labute approximate surface area is 101 Å². The topological polar surface area (TPSA) is 71.6 Å². The summed E-state index contributed by atoms with van der Waals surface area (Å²) in [6.45, 7) is 0.671. The third-order valence-electron chi connectivity index (χ3n) is 3.22. The number of nitrogens with two attached hydrogens (primary N) is 1. The first-order valence-corrected chi connectivity index (χ1v) is 5.94. The molecule has 94 valence electrons. The van der Waals surface area contributed by atoms with Gasteiger partial charge in [0.15, 0.2) is 5.82 Å². The molecule has 3 N–H and O–H groups in total. The second-order valence-corrected chi connectivity index (χ2v) is 4.27. The number of hydrogen-bond donors (Lipinski definition) is 2. The molecule has 0 aliphatic heterocycles. The van der Waals surface area contributed by atoms with Crippen molar-refractivity contribution in [3.05, 3.63) is 12.1 Å². The number of rotatable bonds is 5. The number of ether oxygens (including phenoxy) is 1. The van der Waals surface area contributed by atoms with Gasteiger partial charge in [-0.2, -0.15) is 4.98 Å². The van der Waals surface area contributed by atoms with Crippen LogP contribution in [0.15, 0.2) is 12.1 Å². The largest absolute Gasteiger partial charge is 0.481 e. The average Bonchev–Trinajstić information content (AvgIpc) is 2.27. The van der Waals surface area contributed by atoms with Gasteiger partial charge >= 0.3 is 0 Å². The monoisotopic (exact) mass is 237 g/mol. The van der Waals surface area contributed by atoms with E-state index < -0.39 is 0 Å². The Morgan fingerprint density at radius 1 is 1.53 bits per heavy atom. The molecular weight excluding hydrogens is 218 g/mol. The molecule has 0 bridgehead atoms. The van der Waals surface area contributed by atoms with E-state index in [4.69, 9.17) is 15.6 Å². The summed E-state index contributed by atoms with van der Waals surface area (Å²) in [6, 6.07) is 3.99. The van der Waals surface area contributed by atoms with Crippen molar-refractivity contribution in [3.63, 3.8) is 0 Å².